The molecule has 0 aliphatic heterocycles. The molecule has 1 aromatic heterocycles. The fourth-order valence-corrected chi connectivity index (χ4v) is 5.99. The zero-order valence-electron chi connectivity index (χ0n) is 29.8. The zero-order chi connectivity index (χ0) is 34.7. The molecule has 0 aliphatic carbocycles. The van der Waals surface area contributed by atoms with Gasteiger partial charge < -0.3 is 24.6 Å². The van der Waals surface area contributed by atoms with Crippen molar-refractivity contribution in [3.8, 4) is 11.5 Å². The lowest BCUT2D eigenvalue weighted by Gasteiger charge is -2.12. The predicted octanol–water partition coefficient (Wildman–Crippen LogP) is 7.57. The van der Waals surface area contributed by atoms with Crippen molar-refractivity contribution < 1.29 is 9.47 Å². The maximum absolute atomic E-state index is 5.94. The Morgan fingerprint density at radius 1 is 0.875 bits per heavy atom. The van der Waals surface area contributed by atoms with Crippen molar-refractivity contribution in [3.05, 3.63) is 80.3 Å². The van der Waals surface area contributed by atoms with E-state index in [9.17, 15) is 0 Å². The van der Waals surface area contributed by atoms with Crippen LogP contribution in [0.25, 0.3) is 0 Å². The van der Waals surface area contributed by atoms with E-state index in [1.54, 1.807) is 0 Å². The molecule has 0 atom stereocenters. The van der Waals surface area contributed by atoms with Gasteiger partial charge in [-0.2, -0.15) is 0 Å². The minimum Gasteiger partial charge on any atom is -0.492 e. The molecule has 11 heteroatoms. The normalized spacial score (nSPS) is 12.3. The van der Waals surface area contributed by atoms with Crippen molar-refractivity contribution in [3.63, 3.8) is 0 Å². The number of hydrogen-bond donors (Lipinski definition) is 1. The molecule has 3 aromatic rings. The number of rotatable bonds is 23. The van der Waals surface area contributed by atoms with E-state index in [1.807, 2.05) is 10.7 Å². The number of aromatic nitrogens is 3. The number of hydrogen-bond acceptors (Lipinski definition) is 8. The van der Waals surface area contributed by atoms with Crippen LogP contribution in [-0.2, 0) is 25.8 Å². The van der Waals surface area contributed by atoms with Gasteiger partial charge in [0.1, 0.15) is 11.5 Å². The highest BCUT2D eigenvalue weighted by Crippen LogP contribution is 2.27. The van der Waals surface area contributed by atoms with Gasteiger partial charge in [0.2, 0.25) is 0 Å². The molecule has 0 fully saturated rings. The van der Waals surface area contributed by atoms with Gasteiger partial charge in [-0.05, 0) is 154 Å². The van der Waals surface area contributed by atoms with Gasteiger partial charge in [-0.15, -0.1) is 5.10 Å². The van der Waals surface area contributed by atoms with Crippen molar-refractivity contribution in [2.75, 3.05) is 61.0 Å². The molecule has 0 unspecified atom stereocenters. The Morgan fingerprint density at radius 2 is 1.48 bits per heavy atom. The molecule has 0 radical (unpaired) electrons. The van der Waals surface area contributed by atoms with E-state index >= 15 is 0 Å². The van der Waals surface area contributed by atoms with Crippen molar-refractivity contribution in [1.29, 1.82) is 0 Å². The van der Waals surface area contributed by atoms with Crippen LogP contribution in [0.3, 0.4) is 0 Å². The van der Waals surface area contributed by atoms with E-state index in [-0.39, 0.29) is 0 Å². The van der Waals surface area contributed by atoms with Crippen LogP contribution in [0.5, 0.6) is 11.5 Å². The molecular weight excluding hydrogens is 734 g/mol. The van der Waals surface area contributed by atoms with Gasteiger partial charge in [0.25, 0.3) is 0 Å². The maximum Gasteiger partial charge on any atom is 0.133 e. The van der Waals surface area contributed by atoms with Crippen LogP contribution in [-0.4, -0.2) is 91.5 Å². The van der Waals surface area contributed by atoms with Crippen molar-refractivity contribution in [1.82, 2.24) is 30.1 Å². The smallest absolute Gasteiger partial charge is 0.133 e. The topological polar surface area (TPSA) is 80.0 Å². The van der Waals surface area contributed by atoms with Crippen LogP contribution in [0.2, 0.25) is 0 Å². The standard InChI is InChI=1S/C37H55Br2N7O2/c1-7-29(2)41-32(27-40-19-17-30-13-15-36(34(38)25-30)47-23-9-20-44(3)4)11-8-12-33-28-46(43-42-33)22-18-31-14-16-37(35(39)26-31)48-24-10-21-45(5)6/h13-16,25-28,40H,7-12,17-24H2,1-6H3/b32-27-,41-29-. The zero-order valence-corrected chi connectivity index (χ0v) is 32.9. The third-order valence-corrected chi connectivity index (χ3v) is 9.00. The van der Waals surface area contributed by atoms with Crippen LogP contribution < -0.4 is 14.8 Å². The van der Waals surface area contributed by atoms with E-state index in [2.05, 4.69) is 142 Å². The van der Waals surface area contributed by atoms with Gasteiger partial charge in [0.15, 0.2) is 0 Å². The number of halogens is 2. The van der Waals surface area contributed by atoms with E-state index in [4.69, 9.17) is 14.5 Å². The summed E-state index contributed by atoms with van der Waals surface area (Å²) in [6.45, 7) is 9.29. The number of allylic oxidation sites excluding steroid dienone is 1. The van der Waals surface area contributed by atoms with E-state index in [0.717, 1.165) is 115 Å². The van der Waals surface area contributed by atoms with Crippen LogP contribution in [0.4, 0.5) is 0 Å². The molecule has 1 heterocycles. The second kappa shape index (κ2) is 22.1. The quantitative estimate of drug-likeness (QED) is 0.0785. The maximum atomic E-state index is 5.94. The van der Waals surface area contributed by atoms with Gasteiger partial charge in [0, 0.05) is 44.3 Å². The SMILES string of the molecule is CC/C(C)=N\C(=C/NCCc1ccc(OCCCN(C)C)c(Br)c1)CCCc1cn(CCc2ccc(OCCCN(C)C)c(Br)c2)nn1. The van der Waals surface area contributed by atoms with Crippen LogP contribution in [0.15, 0.2) is 68.4 Å². The summed E-state index contributed by atoms with van der Waals surface area (Å²) in [6.07, 6.45) is 11.6. The first-order chi connectivity index (χ1) is 23.1. The highest BCUT2D eigenvalue weighted by Gasteiger charge is 2.07. The largest absolute Gasteiger partial charge is 0.492 e. The number of nitrogens with zero attached hydrogens (tertiary/aromatic N) is 6. The van der Waals surface area contributed by atoms with Crippen molar-refractivity contribution in [2.24, 2.45) is 4.99 Å². The fourth-order valence-electron chi connectivity index (χ4n) is 4.91. The number of nitrogens with one attached hydrogen (secondary N) is 1. The Morgan fingerprint density at radius 3 is 2.04 bits per heavy atom. The van der Waals surface area contributed by atoms with E-state index in [1.165, 1.54) is 11.1 Å². The summed E-state index contributed by atoms with van der Waals surface area (Å²) in [4.78, 5) is 9.22. The molecule has 9 nitrogen and oxygen atoms in total. The summed E-state index contributed by atoms with van der Waals surface area (Å²) >= 11 is 7.35. The van der Waals surface area contributed by atoms with Crippen LogP contribution in [0, 0.1) is 0 Å². The Hall–Kier alpha value is -2.73. The lowest BCUT2D eigenvalue weighted by Crippen LogP contribution is -2.15. The second-order valence-electron chi connectivity index (χ2n) is 12.7. The summed E-state index contributed by atoms with van der Waals surface area (Å²) in [5.74, 6) is 1.78. The van der Waals surface area contributed by atoms with Gasteiger partial charge in [-0.3, -0.25) is 9.67 Å². The summed E-state index contributed by atoms with van der Waals surface area (Å²) in [5, 5.41) is 12.3. The molecule has 0 saturated carbocycles. The highest BCUT2D eigenvalue weighted by molar-refractivity contribution is 9.10. The Labute approximate surface area is 305 Å². The summed E-state index contributed by atoms with van der Waals surface area (Å²) in [5.41, 5.74) is 5.70. The Bertz CT molecular complexity index is 1440. The van der Waals surface area contributed by atoms with Crippen LogP contribution >= 0.6 is 31.9 Å². The highest BCUT2D eigenvalue weighted by atomic mass is 79.9. The first-order valence-electron chi connectivity index (χ1n) is 17.1. The minimum absolute atomic E-state index is 0.706. The molecule has 0 aliphatic rings. The molecule has 2 aromatic carbocycles. The first-order valence-corrected chi connectivity index (χ1v) is 18.7. The Kier molecular flexibility index (Phi) is 18.3. The lowest BCUT2D eigenvalue weighted by atomic mass is 10.1. The average Bonchev–Trinajstić information content (AvgIpc) is 3.51. The summed E-state index contributed by atoms with van der Waals surface area (Å²) in [6, 6.07) is 12.7. The van der Waals surface area contributed by atoms with Gasteiger partial charge in [0.05, 0.1) is 33.6 Å². The number of benzene rings is 2. The lowest BCUT2D eigenvalue weighted by molar-refractivity contribution is 0.280. The van der Waals surface area contributed by atoms with Gasteiger partial charge in [-0.1, -0.05) is 24.3 Å². The Balaban J connectivity index is 1.42. The predicted molar refractivity (Wildman–Crippen MR) is 205 cm³/mol. The van der Waals surface area contributed by atoms with Gasteiger partial charge in [-0.25, -0.2) is 0 Å². The monoisotopic (exact) mass is 787 g/mol. The first kappa shape index (κ1) is 39.7. The van der Waals surface area contributed by atoms with Crippen molar-refractivity contribution >= 4 is 37.6 Å². The minimum atomic E-state index is 0.706. The molecule has 0 amide bonds. The molecular formula is C37H55Br2N7O2. The van der Waals surface area contributed by atoms with Crippen LogP contribution in [0.1, 0.15) is 62.8 Å². The molecule has 48 heavy (non-hydrogen) atoms. The van der Waals surface area contributed by atoms with Gasteiger partial charge >= 0.3 is 0 Å². The molecule has 1 N–H and O–H groups in total. The fraction of sp³-hybridized carbons (Fsp3) is 0.541. The molecule has 264 valence electrons. The molecule has 3 rings (SSSR count). The molecule has 0 spiro atoms. The van der Waals surface area contributed by atoms with Crippen molar-refractivity contribution in [2.45, 2.75) is 71.8 Å². The number of aliphatic imine (C=N–C) groups is 1. The van der Waals surface area contributed by atoms with E-state index < -0.39 is 0 Å². The number of ether oxygens (including phenoxy) is 2. The molecule has 0 saturated heterocycles. The second-order valence-corrected chi connectivity index (χ2v) is 14.4. The summed E-state index contributed by atoms with van der Waals surface area (Å²) in [7, 11) is 8.31. The number of aryl methyl sites for hydroxylation is 3. The third-order valence-electron chi connectivity index (χ3n) is 7.76. The van der Waals surface area contributed by atoms with E-state index in [0.29, 0.717) is 13.2 Å². The summed E-state index contributed by atoms with van der Waals surface area (Å²) < 4.78 is 15.8. The molecule has 0 bridgehead atoms. The average molecular weight is 790 g/mol. The third kappa shape index (κ3) is 15.7.